The third kappa shape index (κ3) is 4.81. The van der Waals surface area contributed by atoms with Gasteiger partial charge in [0.1, 0.15) is 11.6 Å². The van der Waals surface area contributed by atoms with Gasteiger partial charge in [0.2, 0.25) is 0 Å². The van der Waals surface area contributed by atoms with Crippen molar-refractivity contribution < 1.29 is 13.9 Å². The van der Waals surface area contributed by atoms with Gasteiger partial charge in [-0.05, 0) is 73.0 Å². The topological polar surface area (TPSA) is 28.4 Å². The van der Waals surface area contributed by atoms with E-state index in [-0.39, 0.29) is 24.0 Å². The maximum atomic E-state index is 14.1. The zero-order valence-electron chi connectivity index (χ0n) is 18.3. The highest BCUT2D eigenvalue weighted by atomic mass is 35.5. The normalized spacial score (nSPS) is 14.6. The van der Waals surface area contributed by atoms with E-state index in [2.05, 4.69) is 21.6 Å². The highest BCUT2D eigenvalue weighted by Crippen LogP contribution is 2.34. The Morgan fingerprint density at radius 3 is 2.39 bits per heavy atom. The first-order valence-corrected chi connectivity index (χ1v) is 11.1. The Kier molecular flexibility index (Phi) is 7.13. The standard InChI is InChI=1S/C27H26F2N2O.ClH/c28-20-10-8-19(9-11-20)27(32)7-4-15-30-16-14-26-24(18-30)23-17-21(29)12-13-25(23)31(26)22-5-2-1-3-6-22;/h1-3,5-6,8-13,17,27,32H,4,7,14-16,18H2;1H. The quantitative estimate of drug-likeness (QED) is 0.365. The lowest BCUT2D eigenvalue weighted by atomic mass is 10.0. The number of benzene rings is 3. The Hall–Kier alpha value is -2.73. The minimum Gasteiger partial charge on any atom is -0.388 e. The first-order chi connectivity index (χ1) is 15.6. The lowest BCUT2D eigenvalue weighted by molar-refractivity contribution is 0.153. The number of nitrogens with zero attached hydrogens (tertiary/aromatic N) is 2. The molecule has 3 aromatic carbocycles. The predicted octanol–water partition coefficient (Wildman–Crippen LogP) is 6.20. The summed E-state index contributed by atoms with van der Waals surface area (Å²) < 4.78 is 29.5. The number of hydrogen-bond donors (Lipinski definition) is 1. The molecule has 0 fully saturated rings. The molecule has 4 aromatic rings. The molecule has 1 aliphatic rings. The maximum Gasteiger partial charge on any atom is 0.123 e. The van der Waals surface area contributed by atoms with E-state index < -0.39 is 6.10 Å². The summed E-state index contributed by atoms with van der Waals surface area (Å²) in [5.74, 6) is -0.513. The van der Waals surface area contributed by atoms with Crippen molar-refractivity contribution in [3.63, 3.8) is 0 Å². The molecule has 5 rings (SSSR count). The van der Waals surface area contributed by atoms with Gasteiger partial charge in [-0.1, -0.05) is 30.3 Å². The smallest absolute Gasteiger partial charge is 0.123 e. The molecule has 0 spiro atoms. The number of aliphatic hydroxyl groups is 1. The van der Waals surface area contributed by atoms with Crippen LogP contribution in [0.2, 0.25) is 0 Å². The van der Waals surface area contributed by atoms with Gasteiger partial charge in [0.15, 0.2) is 0 Å². The largest absolute Gasteiger partial charge is 0.388 e. The molecule has 3 nitrogen and oxygen atoms in total. The Morgan fingerprint density at radius 1 is 0.909 bits per heavy atom. The summed E-state index contributed by atoms with van der Waals surface area (Å²) >= 11 is 0. The predicted molar refractivity (Wildman–Crippen MR) is 130 cm³/mol. The number of hydrogen-bond acceptors (Lipinski definition) is 2. The molecule has 0 amide bonds. The third-order valence-electron chi connectivity index (χ3n) is 6.41. The highest BCUT2D eigenvalue weighted by Gasteiger charge is 2.25. The van der Waals surface area contributed by atoms with Crippen LogP contribution in [-0.2, 0) is 13.0 Å². The van der Waals surface area contributed by atoms with Crippen molar-refractivity contribution in [2.24, 2.45) is 0 Å². The van der Waals surface area contributed by atoms with E-state index in [1.807, 2.05) is 24.3 Å². The van der Waals surface area contributed by atoms with Gasteiger partial charge in [0.25, 0.3) is 0 Å². The number of halogens is 3. The van der Waals surface area contributed by atoms with Crippen LogP contribution in [0.3, 0.4) is 0 Å². The van der Waals surface area contributed by atoms with Crippen molar-refractivity contribution in [2.45, 2.75) is 31.9 Å². The second-order valence-corrected chi connectivity index (χ2v) is 8.49. The Morgan fingerprint density at radius 2 is 1.64 bits per heavy atom. The minimum absolute atomic E-state index is 0. The minimum atomic E-state index is -0.593. The zero-order chi connectivity index (χ0) is 22.1. The van der Waals surface area contributed by atoms with Gasteiger partial charge in [-0.15, -0.1) is 12.4 Å². The summed E-state index contributed by atoms with van der Waals surface area (Å²) in [7, 11) is 0. The third-order valence-corrected chi connectivity index (χ3v) is 6.41. The van der Waals surface area contributed by atoms with Gasteiger partial charge >= 0.3 is 0 Å². The van der Waals surface area contributed by atoms with E-state index in [9.17, 15) is 13.9 Å². The summed E-state index contributed by atoms with van der Waals surface area (Å²) in [6, 6.07) is 21.3. The molecule has 0 radical (unpaired) electrons. The number of rotatable bonds is 6. The van der Waals surface area contributed by atoms with E-state index in [0.717, 1.165) is 54.6 Å². The van der Waals surface area contributed by atoms with E-state index in [0.29, 0.717) is 6.42 Å². The van der Waals surface area contributed by atoms with Crippen molar-refractivity contribution in [3.05, 3.63) is 101 Å². The highest BCUT2D eigenvalue weighted by molar-refractivity contribution is 5.87. The van der Waals surface area contributed by atoms with Crippen molar-refractivity contribution in [1.82, 2.24) is 9.47 Å². The molecule has 2 heterocycles. The second kappa shape index (κ2) is 10.0. The van der Waals surface area contributed by atoms with Crippen LogP contribution in [0.15, 0.2) is 72.8 Å². The van der Waals surface area contributed by atoms with Gasteiger partial charge in [-0.25, -0.2) is 8.78 Å². The number of aliphatic hydroxyl groups excluding tert-OH is 1. The Labute approximate surface area is 198 Å². The van der Waals surface area contributed by atoms with Crippen molar-refractivity contribution in [1.29, 1.82) is 0 Å². The summed E-state index contributed by atoms with van der Waals surface area (Å²) in [5.41, 5.74) is 5.32. The Bertz CT molecular complexity index is 1220. The van der Waals surface area contributed by atoms with Crippen molar-refractivity contribution in [3.8, 4) is 5.69 Å². The van der Waals surface area contributed by atoms with Gasteiger partial charge < -0.3 is 9.67 Å². The van der Waals surface area contributed by atoms with E-state index in [1.165, 1.54) is 29.5 Å². The molecule has 1 N–H and O–H groups in total. The average molecular weight is 469 g/mol. The molecule has 0 aliphatic carbocycles. The molecular weight excluding hydrogens is 442 g/mol. The molecule has 172 valence electrons. The molecule has 0 saturated carbocycles. The number of fused-ring (bicyclic) bond motifs is 3. The fourth-order valence-corrected chi connectivity index (χ4v) is 4.81. The molecule has 6 heteroatoms. The SMILES string of the molecule is Cl.OC(CCCN1CCc2c(c3cc(F)ccc3n2-c2ccccc2)C1)c1ccc(F)cc1. The second-order valence-electron chi connectivity index (χ2n) is 8.49. The van der Waals surface area contributed by atoms with Crippen molar-refractivity contribution >= 4 is 23.3 Å². The molecule has 1 unspecified atom stereocenters. The maximum absolute atomic E-state index is 14.1. The Balaban J connectivity index is 0.00000259. The van der Waals surface area contributed by atoms with Gasteiger partial charge in [0.05, 0.1) is 11.6 Å². The van der Waals surface area contributed by atoms with E-state index >= 15 is 0 Å². The fraction of sp³-hybridized carbons (Fsp3) is 0.259. The van der Waals surface area contributed by atoms with E-state index in [4.69, 9.17) is 0 Å². The molecule has 33 heavy (non-hydrogen) atoms. The molecule has 0 saturated heterocycles. The lowest BCUT2D eigenvalue weighted by Crippen LogP contribution is -2.32. The van der Waals surface area contributed by atoms with Gasteiger partial charge in [-0.3, -0.25) is 4.90 Å². The molecule has 1 aliphatic heterocycles. The monoisotopic (exact) mass is 468 g/mol. The molecule has 1 aromatic heterocycles. The first-order valence-electron chi connectivity index (χ1n) is 11.1. The number of aromatic nitrogens is 1. The van der Waals surface area contributed by atoms with Crippen LogP contribution in [0.1, 0.15) is 35.8 Å². The van der Waals surface area contributed by atoms with E-state index in [1.54, 1.807) is 18.2 Å². The van der Waals surface area contributed by atoms with Crippen LogP contribution in [0.4, 0.5) is 8.78 Å². The zero-order valence-corrected chi connectivity index (χ0v) is 19.1. The first kappa shape index (κ1) is 23.4. The van der Waals surface area contributed by atoms with Crippen LogP contribution >= 0.6 is 12.4 Å². The van der Waals surface area contributed by atoms with Crippen molar-refractivity contribution in [2.75, 3.05) is 13.1 Å². The molecule has 0 bridgehead atoms. The van der Waals surface area contributed by atoms with Crippen LogP contribution in [0, 0.1) is 11.6 Å². The van der Waals surface area contributed by atoms with Crippen LogP contribution < -0.4 is 0 Å². The fourth-order valence-electron chi connectivity index (χ4n) is 4.81. The lowest BCUT2D eigenvalue weighted by Gasteiger charge is -2.28. The summed E-state index contributed by atoms with van der Waals surface area (Å²) in [5, 5.41) is 11.4. The van der Waals surface area contributed by atoms with Gasteiger partial charge in [0, 0.05) is 36.3 Å². The summed E-state index contributed by atoms with van der Waals surface area (Å²) in [6.07, 6.45) is 1.75. The van der Waals surface area contributed by atoms with Crippen LogP contribution in [-0.4, -0.2) is 27.7 Å². The van der Waals surface area contributed by atoms with Gasteiger partial charge in [-0.2, -0.15) is 0 Å². The van der Waals surface area contributed by atoms with Crippen LogP contribution in [0.25, 0.3) is 16.6 Å². The average Bonchev–Trinajstić information content (AvgIpc) is 3.13. The molecular formula is C27H27ClF2N2O. The summed E-state index contributed by atoms with van der Waals surface area (Å²) in [6.45, 7) is 2.54. The van der Waals surface area contributed by atoms with Crippen LogP contribution in [0.5, 0.6) is 0 Å². The number of para-hydroxylation sites is 1. The summed E-state index contributed by atoms with van der Waals surface area (Å²) in [4.78, 5) is 2.37. The molecule has 1 atom stereocenters.